The number of carbonyl (C=O) groups is 1. The summed E-state index contributed by atoms with van der Waals surface area (Å²) in [5, 5.41) is 0. The molecule has 1 amide bonds. The van der Waals surface area contributed by atoms with Crippen LogP contribution in [0, 0.1) is 0 Å². The predicted molar refractivity (Wildman–Crippen MR) is 100 cm³/mol. The zero-order valence-corrected chi connectivity index (χ0v) is 15.8. The van der Waals surface area contributed by atoms with Gasteiger partial charge in [0.15, 0.2) is 17.6 Å². The molecule has 3 rings (SSSR count). The molecule has 0 bridgehead atoms. The number of rotatable bonds is 6. The van der Waals surface area contributed by atoms with E-state index in [4.69, 9.17) is 14.2 Å². The molecule has 144 valence electrons. The van der Waals surface area contributed by atoms with Crippen molar-refractivity contribution in [3.63, 3.8) is 0 Å². The molecule has 27 heavy (non-hydrogen) atoms. The summed E-state index contributed by atoms with van der Waals surface area (Å²) < 4.78 is 16.3. The first-order chi connectivity index (χ1) is 13.1. The minimum absolute atomic E-state index is 0.0783. The summed E-state index contributed by atoms with van der Waals surface area (Å²) in [5.74, 6) is 1.83. The standard InChI is InChI=1S/C19H24N4O4/c1-22(12-14-5-6-15(25-2)16(11-14)26-3)18(24)17-13-23(9-10-27-17)19-20-7-4-8-21-19/h4-8,11,17H,9-10,12-13H2,1-3H3. The second-order valence-corrected chi connectivity index (χ2v) is 6.24. The van der Waals surface area contributed by atoms with Crippen molar-refractivity contribution >= 4 is 11.9 Å². The fraction of sp³-hybridized carbons (Fsp3) is 0.421. The minimum atomic E-state index is -0.548. The van der Waals surface area contributed by atoms with Crippen molar-refractivity contribution in [3.05, 3.63) is 42.2 Å². The molecule has 1 aromatic carbocycles. The van der Waals surface area contributed by atoms with Gasteiger partial charge in [0.05, 0.1) is 27.4 Å². The van der Waals surface area contributed by atoms with Gasteiger partial charge >= 0.3 is 0 Å². The molecule has 1 aliphatic rings. The van der Waals surface area contributed by atoms with Crippen molar-refractivity contribution in [3.8, 4) is 11.5 Å². The van der Waals surface area contributed by atoms with Gasteiger partial charge in [-0.05, 0) is 23.8 Å². The first-order valence-corrected chi connectivity index (χ1v) is 8.72. The number of hydrogen-bond acceptors (Lipinski definition) is 7. The highest BCUT2D eigenvalue weighted by Gasteiger charge is 2.30. The van der Waals surface area contributed by atoms with Crippen LogP contribution in [0.5, 0.6) is 11.5 Å². The Labute approximate surface area is 158 Å². The van der Waals surface area contributed by atoms with Crippen molar-refractivity contribution in [1.82, 2.24) is 14.9 Å². The van der Waals surface area contributed by atoms with Crippen LogP contribution in [0.2, 0.25) is 0 Å². The summed E-state index contributed by atoms with van der Waals surface area (Å²) >= 11 is 0. The van der Waals surface area contributed by atoms with E-state index in [1.54, 1.807) is 44.6 Å². The molecule has 0 spiro atoms. The number of likely N-dealkylation sites (N-methyl/N-ethyl adjacent to an activating group) is 1. The summed E-state index contributed by atoms with van der Waals surface area (Å²) in [6.07, 6.45) is 2.84. The number of amides is 1. The van der Waals surface area contributed by atoms with Crippen LogP contribution < -0.4 is 14.4 Å². The molecule has 1 atom stereocenters. The van der Waals surface area contributed by atoms with Crippen LogP contribution >= 0.6 is 0 Å². The van der Waals surface area contributed by atoms with Crippen LogP contribution in [-0.4, -0.2) is 67.8 Å². The van der Waals surface area contributed by atoms with Crippen molar-refractivity contribution in [2.24, 2.45) is 0 Å². The first kappa shape index (κ1) is 18.9. The molecular formula is C19H24N4O4. The van der Waals surface area contributed by atoms with Gasteiger partial charge in [-0.3, -0.25) is 4.79 Å². The molecule has 8 heteroatoms. The van der Waals surface area contributed by atoms with Crippen LogP contribution in [0.4, 0.5) is 5.95 Å². The molecule has 2 heterocycles. The van der Waals surface area contributed by atoms with Crippen molar-refractivity contribution < 1.29 is 19.0 Å². The average Bonchev–Trinajstić information content (AvgIpc) is 2.73. The maximum Gasteiger partial charge on any atom is 0.253 e. The highest BCUT2D eigenvalue weighted by Crippen LogP contribution is 2.28. The van der Waals surface area contributed by atoms with Crippen LogP contribution in [-0.2, 0) is 16.1 Å². The number of anilines is 1. The summed E-state index contributed by atoms with van der Waals surface area (Å²) in [6, 6.07) is 7.38. The highest BCUT2D eigenvalue weighted by molar-refractivity contribution is 5.81. The fourth-order valence-electron chi connectivity index (χ4n) is 3.01. The Morgan fingerprint density at radius 1 is 1.26 bits per heavy atom. The third-order valence-electron chi connectivity index (χ3n) is 4.42. The van der Waals surface area contributed by atoms with Gasteiger partial charge in [0, 0.05) is 32.5 Å². The number of nitrogens with zero attached hydrogens (tertiary/aromatic N) is 4. The van der Waals surface area contributed by atoms with Gasteiger partial charge in [0.25, 0.3) is 5.91 Å². The number of aromatic nitrogens is 2. The normalized spacial score (nSPS) is 16.7. The van der Waals surface area contributed by atoms with E-state index < -0.39 is 6.10 Å². The Hall–Kier alpha value is -2.87. The fourth-order valence-corrected chi connectivity index (χ4v) is 3.01. The zero-order valence-electron chi connectivity index (χ0n) is 15.8. The minimum Gasteiger partial charge on any atom is -0.493 e. The molecule has 0 radical (unpaired) electrons. The first-order valence-electron chi connectivity index (χ1n) is 8.72. The lowest BCUT2D eigenvalue weighted by atomic mass is 10.1. The maximum atomic E-state index is 12.8. The lowest BCUT2D eigenvalue weighted by molar-refractivity contribution is -0.143. The van der Waals surface area contributed by atoms with Gasteiger partial charge in [0.1, 0.15) is 0 Å². The SMILES string of the molecule is COc1ccc(CN(C)C(=O)C2CN(c3ncccn3)CCO2)cc1OC. The summed E-state index contributed by atoms with van der Waals surface area (Å²) in [6.45, 7) is 1.99. The van der Waals surface area contributed by atoms with E-state index in [9.17, 15) is 4.79 Å². The van der Waals surface area contributed by atoms with Gasteiger partial charge in [-0.1, -0.05) is 6.07 Å². The average molecular weight is 372 g/mol. The summed E-state index contributed by atoms with van der Waals surface area (Å²) in [4.78, 5) is 25.0. The highest BCUT2D eigenvalue weighted by atomic mass is 16.5. The third kappa shape index (κ3) is 4.46. The number of benzene rings is 1. The van der Waals surface area contributed by atoms with Crippen LogP contribution in [0.1, 0.15) is 5.56 Å². The molecule has 1 aromatic heterocycles. The lowest BCUT2D eigenvalue weighted by Gasteiger charge is -2.34. The molecule has 1 unspecified atom stereocenters. The molecule has 0 saturated carbocycles. The number of morpholine rings is 1. The Balaban J connectivity index is 1.64. The molecular weight excluding hydrogens is 348 g/mol. The molecule has 8 nitrogen and oxygen atoms in total. The zero-order chi connectivity index (χ0) is 19.2. The second kappa shape index (κ2) is 8.68. The monoisotopic (exact) mass is 372 g/mol. The molecule has 1 saturated heterocycles. The van der Waals surface area contributed by atoms with Crippen molar-refractivity contribution in [1.29, 1.82) is 0 Å². The maximum absolute atomic E-state index is 12.8. The van der Waals surface area contributed by atoms with E-state index in [1.165, 1.54) is 0 Å². The predicted octanol–water partition coefficient (Wildman–Crippen LogP) is 1.36. The quantitative estimate of drug-likeness (QED) is 0.758. The van der Waals surface area contributed by atoms with Crippen LogP contribution in [0.3, 0.4) is 0 Å². The third-order valence-corrected chi connectivity index (χ3v) is 4.42. The van der Waals surface area contributed by atoms with E-state index in [1.807, 2.05) is 23.1 Å². The van der Waals surface area contributed by atoms with Gasteiger partial charge < -0.3 is 24.0 Å². The second-order valence-electron chi connectivity index (χ2n) is 6.24. The van der Waals surface area contributed by atoms with E-state index in [0.29, 0.717) is 43.7 Å². The van der Waals surface area contributed by atoms with Gasteiger partial charge in [0.2, 0.25) is 5.95 Å². The number of hydrogen-bond donors (Lipinski definition) is 0. The van der Waals surface area contributed by atoms with Gasteiger partial charge in [-0.25, -0.2) is 9.97 Å². The van der Waals surface area contributed by atoms with Crippen LogP contribution in [0.25, 0.3) is 0 Å². The number of methoxy groups -OCH3 is 2. The molecule has 2 aromatic rings. The lowest BCUT2D eigenvalue weighted by Crippen LogP contribution is -2.50. The largest absolute Gasteiger partial charge is 0.493 e. The van der Waals surface area contributed by atoms with Gasteiger partial charge in [-0.2, -0.15) is 0 Å². The van der Waals surface area contributed by atoms with Crippen molar-refractivity contribution in [2.45, 2.75) is 12.6 Å². The molecule has 1 fully saturated rings. The number of ether oxygens (including phenoxy) is 3. The number of carbonyl (C=O) groups excluding carboxylic acids is 1. The van der Waals surface area contributed by atoms with Crippen LogP contribution in [0.15, 0.2) is 36.7 Å². The van der Waals surface area contributed by atoms with E-state index >= 15 is 0 Å². The van der Waals surface area contributed by atoms with E-state index in [2.05, 4.69) is 9.97 Å². The Morgan fingerprint density at radius 3 is 2.70 bits per heavy atom. The molecule has 1 aliphatic heterocycles. The smallest absolute Gasteiger partial charge is 0.253 e. The van der Waals surface area contributed by atoms with Crippen molar-refractivity contribution in [2.75, 3.05) is 45.9 Å². The van der Waals surface area contributed by atoms with E-state index in [0.717, 1.165) is 5.56 Å². The van der Waals surface area contributed by atoms with Gasteiger partial charge in [-0.15, -0.1) is 0 Å². The Kier molecular flexibility index (Phi) is 6.08. The summed E-state index contributed by atoms with van der Waals surface area (Å²) in [7, 11) is 4.95. The molecule has 0 N–H and O–H groups in total. The van der Waals surface area contributed by atoms with E-state index in [-0.39, 0.29) is 5.91 Å². The Bertz CT molecular complexity index is 772. The molecule has 0 aliphatic carbocycles. The summed E-state index contributed by atoms with van der Waals surface area (Å²) in [5.41, 5.74) is 0.947. The topological polar surface area (TPSA) is 77.0 Å². The Morgan fingerprint density at radius 2 is 2.00 bits per heavy atom.